The van der Waals surface area contributed by atoms with Crippen molar-refractivity contribution in [1.29, 1.82) is 0 Å². The van der Waals surface area contributed by atoms with E-state index in [-0.39, 0.29) is 24.5 Å². The van der Waals surface area contributed by atoms with Gasteiger partial charge >= 0.3 is 13.7 Å². The van der Waals surface area contributed by atoms with E-state index < -0.39 is 19.8 Å². The van der Waals surface area contributed by atoms with Gasteiger partial charge in [0.05, 0.1) is 33.2 Å². The third-order valence-corrected chi connectivity index (χ3v) is 8.48. The van der Waals surface area contributed by atoms with Gasteiger partial charge in [-0.1, -0.05) is 48.0 Å². The first-order chi connectivity index (χ1) is 19.2. The molecular weight excluding hydrogens is 559 g/mol. The van der Waals surface area contributed by atoms with E-state index in [9.17, 15) is 9.36 Å². The Labute approximate surface area is 235 Å². The number of esters is 1. The van der Waals surface area contributed by atoms with Gasteiger partial charge in [0.2, 0.25) is 11.8 Å². The molecule has 1 unspecified atom stereocenters. The minimum absolute atomic E-state index is 0.0454. The number of nitrogen functional groups attached to an aromatic ring is 1. The van der Waals surface area contributed by atoms with E-state index >= 15 is 0 Å². The molecule has 14 heteroatoms. The fourth-order valence-corrected chi connectivity index (χ4v) is 6.36. The molecule has 0 spiro atoms. The fourth-order valence-electron chi connectivity index (χ4n) is 4.57. The van der Waals surface area contributed by atoms with Crippen LogP contribution in [0.1, 0.15) is 19.4 Å². The molecule has 40 heavy (non-hydrogen) atoms. The summed E-state index contributed by atoms with van der Waals surface area (Å²) in [5.74, 6) is -0.0762. The Morgan fingerprint density at radius 2 is 1.98 bits per heavy atom. The Morgan fingerprint density at radius 3 is 2.73 bits per heavy atom. The first-order valence-corrected chi connectivity index (χ1v) is 14.3. The Hall–Kier alpha value is -3.70. The lowest BCUT2D eigenvalue weighted by molar-refractivity contribution is -0.142. The van der Waals surface area contributed by atoms with Crippen molar-refractivity contribution in [3.05, 3.63) is 59.9 Å². The normalized spacial score (nSPS) is 19.0. The first kappa shape index (κ1) is 27.9. The molecule has 210 valence electrons. The SMILES string of the molecule is COC(=O)[C@H](C)NP(=O)(OC[C@@H]1C=C[C@H](n2cnc3c(OC)nc(N)nc32)C1)Oc1ccc(Cl)c2ccccc12. The summed E-state index contributed by atoms with van der Waals surface area (Å²) in [6.45, 7) is 1.56. The minimum Gasteiger partial charge on any atom is -0.479 e. The van der Waals surface area contributed by atoms with Gasteiger partial charge in [0.15, 0.2) is 11.2 Å². The average molecular weight is 587 g/mol. The number of fused-ring (bicyclic) bond motifs is 2. The first-order valence-electron chi connectivity index (χ1n) is 12.4. The predicted octanol–water partition coefficient (Wildman–Crippen LogP) is 4.70. The number of carbonyl (C=O) groups excluding carboxylic acids is 1. The van der Waals surface area contributed by atoms with E-state index in [1.165, 1.54) is 21.1 Å². The van der Waals surface area contributed by atoms with Gasteiger partial charge in [-0.25, -0.2) is 9.55 Å². The van der Waals surface area contributed by atoms with E-state index in [0.29, 0.717) is 39.6 Å². The van der Waals surface area contributed by atoms with Crippen LogP contribution in [0.2, 0.25) is 5.02 Å². The number of aromatic nitrogens is 4. The molecule has 1 aliphatic carbocycles. The zero-order valence-electron chi connectivity index (χ0n) is 22.0. The van der Waals surface area contributed by atoms with Gasteiger partial charge in [-0.15, -0.1) is 0 Å². The number of carbonyl (C=O) groups is 1. The number of anilines is 1. The molecule has 1 aliphatic rings. The number of ether oxygens (including phenoxy) is 2. The van der Waals surface area contributed by atoms with Crippen LogP contribution < -0.4 is 20.1 Å². The van der Waals surface area contributed by atoms with E-state index in [2.05, 4.69) is 20.0 Å². The molecule has 5 rings (SSSR count). The zero-order valence-corrected chi connectivity index (χ0v) is 23.6. The van der Waals surface area contributed by atoms with Crippen molar-refractivity contribution < 1.29 is 27.9 Å². The summed E-state index contributed by atoms with van der Waals surface area (Å²) >= 11 is 6.34. The summed E-state index contributed by atoms with van der Waals surface area (Å²) in [7, 11) is -1.33. The van der Waals surface area contributed by atoms with Gasteiger partial charge in [-0.2, -0.15) is 15.1 Å². The molecule has 2 heterocycles. The highest BCUT2D eigenvalue weighted by Gasteiger charge is 2.34. The topological polar surface area (TPSA) is 153 Å². The second kappa shape index (κ2) is 11.4. The van der Waals surface area contributed by atoms with Crippen LogP contribution in [0.25, 0.3) is 21.9 Å². The molecule has 4 aromatic rings. The Morgan fingerprint density at radius 1 is 1.20 bits per heavy atom. The number of nitrogens with two attached hydrogens (primary N) is 1. The van der Waals surface area contributed by atoms with Gasteiger partial charge in [0, 0.05) is 21.7 Å². The number of imidazole rings is 1. The Bertz CT molecular complexity index is 1650. The highest BCUT2D eigenvalue weighted by molar-refractivity contribution is 7.52. The summed E-state index contributed by atoms with van der Waals surface area (Å²) in [5.41, 5.74) is 6.89. The molecule has 4 atom stereocenters. The molecule has 12 nitrogen and oxygen atoms in total. The van der Waals surface area contributed by atoms with Crippen LogP contribution >= 0.6 is 19.3 Å². The zero-order chi connectivity index (χ0) is 28.4. The summed E-state index contributed by atoms with van der Waals surface area (Å²) in [6.07, 6.45) is 6.21. The quantitative estimate of drug-likeness (QED) is 0.151. The van der Waals surface area contributed by atoms with Gasteiger partial charge in [0.1, 0.15) is 11.8 Å². The largest absolute Gasteiger partial charge is 0.479 e. The molecule has 0 radical (unpaired) electrons. The van der Waals surface area contributed by atoms with Crippen molar-refractivity contribution in [2.45, 2.75) is 25.4 Å². The number of rotatable bonds is 10. The Kier molecular flexibility index (Phi) is 7.95. The third kappa shape index (κ3) is 5.62. The van der Waals surface area contributed by atoms with E-state index in [1.54, 1.807) is 24.5 Å². The fraction of sp³-hybridized carbons (Fsp3) is 0.308. The summed E-state index contributed by atoms with van der Waals surface area (Å²) in [4.78, 5) is 24.9. The van der Waals surface area contributed by atoms with Crippen molar-refractivity contribution in [2.75, 3.05) is 26.6 Å². The second-order valence-corrected chi connectivity index (χ2v) is 11.3. The number of methoxy groups -OCH3 is 2. The monoisotopic (exact) mass is 586 g/mol. The van der Waals surface area contributed by atoms with Crippen molar-refractivity contribution in [1.82, 2.24) is 24.6 Å². The average Bonchev–Trinajstić information content (AvgIpc) is 3.60. The highest BCUT2D eigenvalue weighted by atomic mass is 35.5. The molecule has 0 aliphatic heterocycles. The molecule has 3 N–H and O–H groups in total. The Balaban J connectivity index is 1.35. The number of halogens is 1. The van der Waals surface area contributed by atoms with Crippen molar-refractivity contribution in [2.24, 2.45) is 5.92 Å². The lowest BCUT2D eigenvalue weighted by atomic mass is 10.1. The number of benzene rings is 2. The lowest BCUT2D eigenvalue weighted by Gasteiger charge is -2.24. The number of hydrogen-bond donors (Lipinski definition) is 2. The van der Waals surface area contributed by atoms with Crippen LogP contribution in [-0.2, 0) is 18.6 Å². The van der Waals surface area contributed by atoms with Gasteiger partial charge in [-0.3, -0.25) is 9.32 Å². The third-order valence-electron chi connectivity index (χ3n) is 6.52. The predicted molar refractivity (Wildman–Crippen MR) is 150 cm³/mol. The van der Waals surface area contributed by atoms with Crippen molar-refractivity contribution in [3.8, 4) is 11.6 Å². The molecule has 0 bridgehead atoms. The van der Waals surface area contributed by atoms with E-state index in [4.69, 9.17) is 35.9 Å². The van der Waals surface area contributed by atoms with Crippen LogP contribution in [0.5, 0.6) is 11.6 Å². The lowest BCUT2D eigenvalue weighted by Crippen LogP contribution is -2.34. The molecule has 2 aromatic heterocycles. The van der Waals surface area contributed by atoms with Gasteiger partial charge in [-0.05, 0) is 25.5 Å². The summed E-state index contributed by atoms with van der Waals surface area (Å²) < 4.78 is 37.8. The summed E-state index contributed by atoms with van der Waals surface area (Å²) in [5, 5.41) is 4.59. The maximum atomic E-state index is 14.0. The van der Waals surface area contributed by atoms with E-state index in [0.717, 1.165) is 5.39 Å². The molecule has 0 fully saturated rings. The van der Waals surface area contributed by atoms with Crippen LogP contribution in [-0.4, -0.2) is 52.4 Å². The van der Waals surface area contributed by atoms with E-state index in [1.807, 2.05) is 34.9 Å². The summed E-state index contributed by atoms with van der Waals surface area (Å²) in [6, 6.07) is 9.49. The van der Waals surface area contributed by atoms with Crippen LogP contribution in [0.4, 0.5) is 5.95 Å². The maximum Gasteiger partial charge on any atom is 0.459 e. The van der Waals surface area contributed by atoms with Crippen LogP contribution in [0.15, 0.2) is 54.9 Å². The maximum absolute atomic E-state index is 14.0. The highest BCUT2D eigenvalue weighted by Crippen LogP contribution is 2.48. The second-order valence-electron chi connectivity index (χ2n) is 9.21. The van der Waals surface area contributed by atoms with Crippen molar-refractivity contribution >= 4 is 53.2 Å². The van der Waals surface area contributed by atoms with Crippen LogP contribution in [0, 0.1) is 5.92 Å². The molecule has 0 saturated heterocycles. The van der Waals surface area contributed by atoms with Crippen LogP contribution in [0.3, 0.4) is 0 Å². The van der Waals surface area contributed by atoms with Crippen molar-refractivity contribution in [3.63, 3.8) is 0 Å². The number of nitrogens with zero attached hydrogens (tertiary/aromatic N) is 4. The molecular formula is C26H28ClN6O6P. The number of nitrogens with one attached hydrogen (secondary N) is 1. The molecule has 0 saturated carbocycles. The molecule has 0 amide bonds. The van der Waals surface area contributed by atoms with Gasteiger partial charge in [0.25, 0.3) is 0 Å². The standard InChI is InChI=1S/C26H28ClN6O6P/c1-15(25(34)37-3)32-40(35,39-21-11-10-20(27)18-6-4-5-7-19(18)21)38-13-16-8-9-17(12-16)33-14-29-22-23(33)30-26(28)31-24(22)36-2/h4-11,14-17H,12-13H2,1-3H3,(H,32,35)(H2,28,30,31)/t15-,16+,17-,40?/m0/s1. The molecule has 2 aromatic carbocycles. The minimum atomic E-state index is -4.07. The van der Waals surface area contributed by atoms with Gasteiger partial charge < -0.3 is 24.3 Å². The number of allylic oxidation sites excluding steroid dienone is 1. The number of hydrogen-bond acceptors (Lipinski definition) is 10. The smallest absolute Gasteiger partial charge is 0.459 e.